The summed E-state index contributed by atoms with van der Waals surface area (Å²) in [4.78, 5) is 1.91. The van der Waals surface area contributed by atoms with Gasteiger partial charge in [-0.2, -0.15) is 0 Å². The first-order chi connectivity index (χ1) is 7.54. The quantitative estimate of drug-likeness (QED) is 0.806. The Bertz CT molecular complexity index is 347. The minimum absolute atomic E-state index is 0.320. The van der Waals surface area contributed by atoms with Crippen molar-refractivity contribution in [1.29, 1.82) is 0 Å². The average molecular weight is 289 g/mol. The maximum absolute atomic E-state index is 9.61. The molecule has 0 spiro atoms. The van der Waals surface area contributed by atoms with Gasteiger partial charge in [0.25, 0.3) is 0 Å². The van der Waals surface area contributed by atoms with Crippen LogP contribution in [0.4, 0.5) is 11.4 Å². The second-order valence-electron chi connectivity index (χ2n) is 3.69. The number of halogens is 1. The Hall–Kier alpha value is -0.780. The molecule has 1 unspecified atom stereocenters. The maximum atomic E-state index is 9.61. The molecule has 0 aromatic heterocycles. The fourth-order valence-corrected chi connectivity index (χ4v) is 1.91. The molecule has 0 saturated heterocycles. The number of hydrogen-bond donors (Lipinski definition) is 2. The highest BCUT2D eigenvalue weighted by Crippen LogP contribution is 2.25. The fraction of sp³-hybridized carbons (Fsp3) is 0.455. The molecule has 0 saturated carbocycles. The zero-order valence-electron chi connectivity index (χ0n) is 9.48. The lowest BCUT2D eigenvalue weighted by atomic mass is 10.2. The van der Waals surface area contributed by atoms with Crippen molar-refractivity contribution in [3.63, 3.8) is 0 Å². The number of nitrogen functional groups attached to an aromatic ring is 1. The molecule has 0 bridgehead atoms. The Morgan fingerprint density at radius 1 is 1.56 bits per heavy atom. The minimum atomic E-state index is -0.516. The number of ether oxygens (including phenoxy) is 1. The van der Waals surface area contributed by atoms with Gasteiger partial charge in [-0.25, -0.2) is 0 Å². The van der Waals surface area contributed by atoms with Crippen molar-refractivity contribution < 1.29 is 9.84 Å². The van der Waals surface area contributed by atoms with Crippen molar-refractivity contribution in [3.05, 3.63) is 22.7 Å². The van der Waals surface area contributed by atoms with Crippen molar-refractivity contribution in [2.24, 2.45) is 0 Å². The molecule has 0 aliphatic rings. The van der Waals surface area contributed by atoms with Crippen LogP contribution in [0.3, 0.4) is 0 Å². The minimum Gasteiger partial charge on any atom is -0.397 e. The number of aliphatic hydroxyl groups is 1. The Balaban J connectivity index is 2.69. The van der Waals surface area contributed by atoms with Crippen LogP contribution < -0.4 is 10.6 Å². The number of nitrogens with zero attached hydrogens (tertiary/aromatic N) is 1. The molecule has 4 nitrogen and oxygen atoms in total. The molecule has 3 N–H and O–H groups in total. The molecule has 5 heteroatoms. The molecule has 1 aromatic carbocycles. The lowest BCUT2D eigenvalue weighted by molar-refractivity contribution is 0.0695. The van der Waals surface area contributed by atoms with Crippen LogP contribution in [0.15, 0.2) is 22.7 Å². The van der Waals surface area contributed by atoms with Crippen LogP contribution >= 0.6 is 15.9 Å². The van der Waals surface area contributed by atoms with E-state index in [9.17, 15) is 5.11 Å². The van der Waals surface area contributed by atoms with E-state index in [1.54, 1.807) is 7.11 Å². The smallest absolute Gasteiger partial charge is 0.0947 e. The Morgan fingerprint density at radius 3 is 2.81 bits per heavy atom. The summed E-state index contributed by atoms with van der Waals surface area (Å²) < 4.78 is 5.82. The van der Waals surface area contributed by atoms with Gasteiger partial charge in [0.2, 0.25) is 0 Å². The van der Waals surface area contributed by atoms with E-state index in [1.165, 1.54) is 0 Å². The van der Waals surface area contributed by atoms with E-state index >= 15 is 0 Å². The first-order valence-electron chi connectivity index (χ1n) is 4.97. The summed E-state index contributed by atoms with van der Waals surface area (Å²) in [6.07, 6.45) is -0.516. The van der Waals surface area contributed by atoms with Crippen molar-refractivity contribution in [1.82, 2.24) is 0 Å². The summed E-state index contributed by atoms with van der Waals surface area (Å²) >= 11 is 3.35. The van der Waals surface area contributed by atoms with E-state index < -0.39 is 6.10 Å². The lowest BCUT2D eigenvalue weighted by Crippen LogP contribution is -2.32. The van der Waals surface area contributed by atoms with E-state index in [0.717, 1.165) is 10.2 Å². The van der Waals surface area contributed by atoms with Crippen LogP contribution in [0, 0.1) is 0 Å². The van der Waals surface area contributed by atoms with Crippen molar-refractivity contribution >= 4 is 27.3 Å². The van der Waals surface area contributed by atoms with Crippen molar-refractivity contribution in [2.45, 2.75) is 6.10 Å². The molecule has 1 aromatic rings. The number of likely N-dealkylation sites (N-methyl/N-ethyl adjacent to an activating group) is 1. The maximum Gasteiger partial charge on any atom is 0.0947 e. The van der Waals surface area contributed by atoms with E-state index in [0.29, 0.717) is 18.8 Å². The van der Waals surface area contributed by atoms with Gasteiger partial charge in [0.1, 0.15) is 0 Å². The van der Waals surface area contributed by atoms with Gasteiger partial charge in [-0.15, -0.1) is 0 Å². The molecule has 90 valence electrons. The molecule has 0 fully saturated rings. The number of aliphatic hydroxyl groups excluding tert-OH is 1. The summed E-state index contributed by atoms with van der Waals surface area (Å²) in [6, 6.07) is 5.68. The third kappa shape index (κ3) is 3.66. The van der Waals surface area contributed by atoms with E-state index in [2.05, 4.69) is 15.9 Å². The highest BCUT2D eigenvalue weighted by atomic mass is 79.9. The summed E-state index contributed by atoms with van der Waals surface area (Å²) in [5, 5.41) is 9.61. The summed E-state index contributed by atoms with van der Waals surface area (Å²) in [5.74, 6) is 0. The van der Waals surface area contributed by atoms with Crippen LogP contribution in [-0.4, -0.2) is 38.5 Å². The number of nitrogens with two attached hydrogens (primary N) is 1. The van der Waals surface area contributed by atoms with Gasteiger partial charge >= 0.3 is 0 Å². The highest BCUT2D eigenvalue weighted by Gasteiger charge is 2.10. The summed E-state index contributed by atoms with van der Waals surface area (Å²) in [7, 11) is 3.45. The first-order valence-corrected chi connectivity index (χ1v) is 5.77. The Morgan fingerprint density at radius 2 is 2.25 bits per heavy atom. The SMILES string of the molecule is COCC(O)CN(C)c1ccc(Br)cc1N. The monoisotopic (exact) mass is 288 g/mol. The Kier molecular flexibility index (Phi) is 5.05. The van der Waals surface area contributed by atoms with Crippen LogP contribution in [-0.2, 0) is 4.74 Å². The van der Waals surface area contributed by atoms with Gasteiger partial charge in [0.05, 0.1) is 24.1 Å². The predicted octanol–water partition coefficient (Wildman–Crippen LogP) is 1.47. The average Bonchev–Trinajstić information content (AvgIpc) is 2.17. The van der Waals surface area contributed by atoms with Crippen molar-refractivity contribution in [2.75, 3.05) is 37.9 Å². The van der Waals surface area contributed by atoms with E-state index in [4.69, 9.17) is 10.5 Å². The van der Waals surface area contributed by atoms with Crippen LogP contribution in [0.2, 0.25) is 0 Å². The first kappa shape index (κ1) is 13.3. The highest BCUT2D eigenvalue weighted by molar-refractivity contribution is 9.10. The van der Waals surface area contributed by atoms with Gasteiger partial charge < -0.3 is 20.5 Å². The number of benzene rings is 1. The molecule has 0 amide bonds. The lowest BCUT2D eigenvalue weighted by Gasteiger charge is -2.23. The zero-order chi connectivity index (χ0) is 12.1. The van der Waals surface area contributed by atoms with E-state index in [-0.39, 0.29) is 0 Å². The third-order valence-corrected chi connectivity index (χ3v) is 2.74. The van der Waals surface area contributed by atoms with Gasteiger partial charge in [0, 0.05) is 25.2 Å². The second-order valence-corrected chi connectivity index (χ2v) is 4.61. The van der Waals surface area contributed by atoms with Gasteiger partial charge in [-0.1, -0.05) is 15.9 Å². The topological polar surface area (TPSA) is 58.7 Å². The van der Waals surface area contributed by atoms with Crippen molar-refractivity contribution in [3.8, 4) is 0 Å². The van der Waals surface area contributed by atoms with Gasteiger partial charge in [0.15, 0.2) is 0 Å². The van der Waals surface area contributed by atoms with Crippen LogP contribution in [0.25, 0.3) is 0 Å². The number of hydrogen-bond acceptors (Lipinski definition) is 4. The van der Waals surface area contributed by atoms with Crippen LogP contribution in [0.1, 0.15) is 0 Å². The standard InChI is InChI=1S/C11H17BrN2O2/c1-14(6-9(15)7-16-2)11-4-3-8(12)5-10(11)13/h3-5,9,15H,6-7,13H2,1-2H3. The normalized spacial score (nSPS) is 12.5. The second kappa shape index (κ2) is 6.08. The van der Waals surface area contributed by atoms with Gasteiger partial charge in [-0.3, -0.25) is 0 Å². The summed E-state index contributed by atoms with van der Waals surface area (Å²) in [5.41, 5.74) is 7.47. The molecular formula is C11H17BrN2O2. The Labute approximate surface area is 104 Å². The molecule has 1 atom stereocenters. The zero-order valence-corrected chi connectivity index (χ0v) is 11.1. The molecular weight excluding hydrogens is 272 g/mol. The molecule has 0 heterocycles. The fourth-order valence-electron chi connectivity index (χ4n) is 1.53. The third-order valence-electron chi connectivity index (χ3n) is 2.24. The number of methoxy groups -OCH3 is 1. The molecule has 0 aliphatic carbocycles. The molecule has 16 heavy (non-hydrogen) atoms. The van der Waals surface area contributed by atoms with Crippen LogP contribution in [0.5, 0.6) is 0 Å². The largest absolute Gasteiger partial charge is 0.397 e. The number of rotatable bonds is 5. The predicted molar refractivity (Wildman–Crippen MR) is 69.7 cm³/mol. The summed E-state index contributed by atoms with van der Waals surface area (Å²) in [6.45, 7) is 0.806. The molecule has 1 rings (SSSR count). The number of anilines is 2. The molecule has 0 radical (unpaired) electrons. The van der Waals surface area contributed by atoms with E-state index in [1.807, 2.05) is 30.1 Å². The van der Waals surface area contributed by atoms with Gasteiger partial charge in [-0.05, 0) is 18.2 Å². The molecule has 0 aliphatic heterocycles.